The average Bonchev–Trinajstić information content (AvgIpc) is 2.62. The third kappa shape index (κ3) is 2.09. The highest BCUT2D eigenvalue weighted by Gasteiger charge is 2.11. The van der Waals surface area contributed by atoms with Gasteiger partial charge in [0.25, 0.3) is 5.78 Å². The molecular formula is C10H14ClN5. The molecule has 0 N–H and O–H groups in total. The van der Waals surface area contributed by atoms with Crippen LogP contribution in [-0.2, 0) is 0 Å². The summed E-state index contributed by atoms with van der Waals surface area (Å²) in [7, 11) is 1.98. The predicted octanol–water partition coefficient (Wildman–Crippen LogP) is 1.50. The van der Waals surface area contributed by atoms with Gasteiger partial charge in [0.05, 0.1) is 0 Å². The molecule has 2 aromatic heterocycles. The second-order valence-electron chi connectivity index (χ2n) is 3.89. The van der Waals surface area contributed by atoms with Crippen LogP contribution in [-0.4, -0.2) is 38.6 Å². The molecule has 1 unspecified atom stereocenters. The van der Waals surface area contributed by atoms with Gasteiger partial charge < -0.3 is 4.90 Å². The normalized spacial score (nSPS) is 13.0. The molecule has 5 nitrogen and oxygen atoms in total. The molecule has 0 saturated heterocycles. The first-order valence-electron chi connectivity index (χ1n) is 5.10. The van der Waals surface area contributed by atoms with E-state index in [1.807, 2.05) is 31.9 Å². The minimum Gasteiger partial charge on any atom is -0.358 e. The first kappa shape index (κ1) is 11.1. The minimum absolute atomic E-state index is 0.0806. The highest BCUT2D eigenvalue weighted by molar-refractivity contribution is 6.20. The van der Waals surface area contributed by atoms with Crippen molar-refractivity contribution in [3.8, 4) is 0 Å². The van der Waals surface area contributed by atoms with Crippen LogP contribution in [0, 0.1) is 6.92 Å². The quantitative estimate of drug-likeness (QED) is 0.762. The van der Waals surface area contributed by atoms with E-state index < -0.39 is 0 Å². The molecule has 0 amide bonds. The van der Waals surface area contributed by atoms with Gasteiger partial charge in [-0.25, -0.2) is 4.98 Å². The lowest BCUT2D eigenvalue weighted by Crippen LogP contribution is -2.26. The number of hydrogen-bond acceptors (Lipinski definition) is 4. The fourth-order valence-corrected chi connectivity index (χ4v) is 1.86. The Kier molecular flexibility index (Phi) is 2.96. The van der Waals surface area contributed by atoms with Gasteiger partial charge in [0, 0.05) is 30.7 Å². The summed E-state index contributed by atoms with van der Waals surface area (Å²) in [4.78, 5) is 10.4. The van der Waals surface area contributed by atoms with Crippen molar-refractivity contribution in [1.29, 1.82) is 0 Å². The Balaban J connectivity index is 2.45. The van der Waals surface area contributed by atoms with Gasteiger partial charge in [-0.3, -0.25) is 0 Å². The highest BCUT2D eigenvalue weighted by Crippen LogP contribution is 2.15. The molecule has 6 heteroatoms. The first-order valence-corrected chi connectivity index (χ1v) is 5.54. The zero-order chi connectivity index (χ0) is 11.7. The summed E-state index contributed by atoms with van der Waals surface area (Å²) < 4.78 is 1.71. The number of anilines is 1. The lowest BCUT2D eigenvalue weighted by molar-refractivity contribution is 0.802. The second kappa shape index (κ2) is 4.25. The number of aryl methyl sites for hydroxylation is 1. The van der Waals surface area contributed by atoms with E-state index in [0.29, 0.717) is 5.78 Å². The van der Waals surface area contributed by atoms with Crippen LogP contribution in [0.2, 0.25) is 0 Å². The third-order valence-corrected chi connectivity index (χ3v) is 2.42. The maximum Gasteiger partial charge on any atom is 0.254 e. The lowest BCUT2D eigenvalue weighted by atomic mass is 10.3. The van der Waals surface area contributed by atoms with Crippen molar-refractivity contribution >= 4 is 23.2 Å². The zero-order valence-corrected chi connectivity index (χ0v) is 10.3. The predicted molar refractivity (Wildman–Crippen MR) is 64.1 cm³/mol. The largest absolute Gasteiger partial charge is 0.358 e. The zero-order valence-electron chi connectivity index (χ0n) is 9.55. The molecule has 0 aromatic carbocycles. The van der Waals surface area contributed by atoms with Gasteiger partial charge in [0.1, 0.15) is 12.1 Å². The molecule has 2 heterocycles. The van der Waals surface area contributed by atoms with E-state index in [1.54, 1.807) is 4.52 Å². The molecule has 1 atom stereocenters. The summed E-state index contributed by atoms with van der Waals surface area (Å²) in [5, 5.41) is 4.23. The Morgan fingerprint density at radius 1 is 1.56 bits per heavy atom. The standard InChI is InChI=1S/C10H14ClN5/c1-7(11)5-15(3)9-4-8(2)14-10-12-6-13-16(9)10/h4,6-7H,5H2,1-3H3. The van der Waals surface area contributed by atoms with Crippen molar-refractivity contribution in [3.63, 3.8) is 0 Å². The number of rotatable bonds is 3. The average molecular weight is 240 g/mol. The minimum atomic E-state index is 0.0806. The molecule has 0 fully saturated rings. The molecular weight excluding hydrogens is 226 g/mol. The molecule has 0 saturated carbocycles. The summed E-state index contributed by atoms with van der Waals surface area (Å²) in [5.74, 6) is 1.57. The maximum atomic E-state index is 5.98. The van der Waals surface area contributed by atoms with Crippen LogP contribution >= 0.6 is 11.6 Å². The summed E-state index contributed by atoms with van der Waals surface area (Å²) in [6, 6.07) is 1.97. The fraction of sp³-hybridized carbons (Fsp3) is 0.500. The van der Waals surface area contributed by atoms with Crippen LogP contribution in [0.15, 0.2) is 12.4 Å². The number of nitrogens with zero attached hydrogens (tertiary/aromatic N) is 5. The van der Waals surface area contributed by atoms with E-state index in [-0.39, 0.29) is 5.38 Å². The Hall–Kier alpha value is -1.36. The van der Waals surface area contributed by atoms with Crippen molar-refractivity contribution in [2.24, 2.45) is 0 Å². The van der Waals surface area contributed by atoms with E-state index in [2.05, 4.69) is 15.1 Å². The SMILES string of the molecule is Cc1cc(N(C)CC(C)Cl)n2ncnc2n1. The number of halogens is 1. The van der Waals surface area contributed by atoms with Gasteiger partial charge >= 0.3 is 0 Å². The van der Waals surface area contributed by atoms with Crippen molar-refractivity contribution in [1.82, 2.24) is 19.6 Å². The van der Waals surface area contributed by atoms with Crippen LogP contribution < -0.4 is 4.90 Å². The molecule has 2 aromatic rings. The van der Waals surface area contributed by atoms with Crippen molar-refractivity contribution in [2.45, 2.75) is 19.2 Å². The highest BCUT2D eigenvalue weighted by atomic mass is 35.5. The Labute approximate surface area is 99.1 Å². The summed E-state index contributed by atoms with van der Waals surface area (Å²) in [6.45, 7) is 4.65. The number of aromatic nitrogens is 4. The lowest BCUT2D eigenvalue weighted by Gasteiger charge is -2.21. The number of alkyl halides is 1. The monoisotopic (exact) mass is 239 g/mol. The fourth-order valence-electron chi connectivity index (χ4n) is 1.65. The molecule has 0 bridgehead atoms. The third-order valence-electron chi connectivity index (χ3n) is 2.28. The van der Waals surface area contributed by atoms with E-state index in [0.717, 1.165) is 18.1 Å². The van der Waals surface area contributed by atoms with E-state index in [4.69, 9.17) is 11.6 Å². The first-order chi connectivity index (χ1) is 7.58. The molecule has 0 aliphatic rings. The Morgan fingerprint density at radius 3 is 3.00 bits per heavy atom. The van der Waals surface area contributed by atoms with Gasteiger partial charge in [-0.15, -0.1) is 11.6 Å². The molecule has 16 heavy (non-hydrogen) atoms. The summed E-state index contributed by atoms with van der Waals surface area (Å²) in [5.41, 5.74) is 0.921. The van der Waals surface area contributed by atoms with Crippen molar-refractivity contribution < 1.29 is 0 Å². The summed E-state index contributed by atoms with van der Waals surface area (Å²) in [6.07, 6.45) is 1.50. The van der Waals surface area contributed by atoms with Gasteiger partial charge in [-0.1, -0.05) is 0 Å². The van der Waals surface area contributed by atoms with Gasteiger partial charge in [-0.05, 0) is 13.8 Å². The molecule has 86 valence electrons. The Morgan fingerprint density at radius 2 is 2.31 bits per heavy atom. The molecule has 2 rings (SSSR count). The topological polar surface area (TPSA) is 46.3 Å². The van der Waals surface area contributed by atoms with E-state index >= 15 is 0 Å². The Bertz CT molecular complexity index is 493. The van der Waals surface area contributed by atoms with E-state index in [9.17, 15) is 0 Å². The van der Waals surface area contributed by atoms with Crippen LogP contribution in [0.5, 0.6) is 0 Å². The maximum absolute atomic E-state index is 5.98. The molecule has 0 aliphatic heterocycles. The van der Waals surface area contributed by atoms with Crippen LogP contribution in [0.3, 0.4) is 0 Å². The van der Waals surface area contributed by atoms with Gasteiger partial charge in [-0.2, -0.15) is 14.6 Å². The van der Waals surface area contributed by atoms with Crippen molar-refractivity contribution in [3.05, 3.63) is 18.1 Å². The smallest absolute Gasteiger partial charge is 0.254 e. The molecule has 0 radical (unpaired) electrons. The van der Waals surface area contributed by atoms with Crippen LogP contribution in [0.4, 0.5) is 5.82 Å². The van der Waals surface area contributed by atoms with Crippen LogP contribution in [0.1, 0.15) is 12.6 Å². The molecule has 0 aliphatic carbocycles. The van der Waals surface area contributed by atoms with E-state index in [1.165, 1.54) is 6.33 Å². The second-order valence-corrected chi connectivity index (χ2v) is 4.63. The number of hydrogen-bond donors (Lipinski definition) is 0. The van der Waals surface area contributed by atoms with Crippen molar-refractivity contribution in [2.75, 3.05) is 18.5 Å². The van der Waals surface area contributed by atoms with Crippen LogP contribution in [0.25, 0.3) is 5.78 Å². The molecule has 0 spiro atoms. The van der Waals surface area contributed by atoms with Gasteiger partial charge in [0.2, 0.25) is 0 Å². The van der Waals surface area contributed by atoms with Gasteiger partial charge in [0.15, 0.2) is 0 Å². The summed E-state index contributed by atoms with van der Waals surface area (Å²) >= 11 is 5.98. The number of fused-ring (bicyclic) bond motifs is 1.